The van der Waals surface area contributed by atoms with Crippen molar-refractivity contribution in [2.45, 2.75) is 32.7 Å². The zero-order chi connectivity index (χ0) is 14.7. The van der Waals surface area contributed by atoms with Crippen LogP contribution < -0.4 is 5.73 Å². The quantitative estimate of drug-likeness (QED) is 0.918. The summed E-state index contributed by atoms with van der Waals surface area (Å²) in [7, 11) is 0. The lowest BCUT2D eigenvalue weighted by atomic mass is 10.1. The van der Waals surface area contributed by atoms with Crippen molar-refractivity contribution in [3.05, 3.63) is 52.3 Å². The molecule has 0 radical (unpaired) electrons. The van der Waals surface area contributed by atoms with Crippen LogP contribution in [0.2, 0.25) is 5.02 Å². The Morgan fingerprint density at radius 2 is 2.15 bits per heavy atom. The van der Waals surface area contributed by atoms with Gasteiger partial charge in [-0.3, -0.25) is 0 Å². The van der Waals surface area contributed by atoms with E-state index in [0.717, 1.165) is 17.7 Å². The lowest BCUT2D eigenvalue weighted by Gasteiger charge is -2.17. The van der Waals surface area contributed by atoms with Crippen LogP contribution in [0.5, 0.6) is 0 Å². The molecule has 0 saturated heterocycles. The summed E-state index contributed by atoms with van der Waals surface area (Å²) in [5.74, 6) is 0. The van der Waals surface area contributed by atoms with Crippen LogP contribution in [0.15, 0.2) is 30.3 Å². The number of aromatic nitrogens is 1. The Morgan fingerprint density at radius 1 is 1.40 bits per heavy atom. The predicted octanol–water partition coefficient (Wildman–Crippen LogP) is 4.16. The van der Waals surface area contributed by atoms with E-state index in [0.29, 0.717) is 22.8 Å². The van der Waals surface area contributed by atoms with E-state index in [1.165, 1.54) is 0 Å². The summed E-state index contributed by atoms with van der Waals surface area (Å²) in [4.78, 5) is 0. The van der Waals surface area contributed by atoms with Crippen molar-refractivity contribution in [3.63, 3.8) is 0 Å². The summed E-state index contributed by atoms with van der Waals surface area (Å²) in [5.41, 5.74) is 9.46. The van der Waals surface area contributed by atoms with Crippen molar-refractivity contribution in [1.29, 1.82) is 5.26 Å². The summed E-state index contributed by atoms with van der Waals surface area (Å²) < 4.78 is 2.04. The number of halogens is 1. The first-order valence-corrected chi connectivity index (χ1v) is 7.08. The van der Waals surface area contributed by atoms with Crippen molar-refractivity contribution < 1.29 is 0 Å². The third kappa shape index (κ3) is 2.81. The zero-order valence-electron chi connectivity index (χ0n) is 11.7. The largest absolute Gasteiger partial charge is 0.397 e. The number of hydrogen-bond donors (Lipinski definition) is 1. The normalized spacial score (nSPS) is 12.1. The smallest absolute Gasteiger partial charge is 0.122 e. The molecule has 2 rings (SSSR count). The number of anilines is 1. The summed E-state index contributed by atoms with van der Waals surface area (Å²) >= 11 is 6.02. The molecule has 20 heavy (non-hydrogen) atoms. The Morgan fingerprint density at radius 3 is 2.75 bits per heavy atom. The highest BCUT2D eigenvalue weighted by atomic mass is 35.5. The molecule has 1 heterocycles. The fourth-order valence-corrected chi connectivity index (χ4v) is 2.60. The Labute approximate surface area is 124 Å². The molecule has 1 aromatic carbocycles. The molecule has 0 aliphatic carbocycles. The second-order valence-corrected chi connectivity index (χ2v) is 5.41. The Hall–Kier alpha value is -1.92. The van der Waals surface area contributed by atoms with Crippen LogP contribution in [0.1, 0.15) is 43.3 Å². The Bertz CT molecular complexity index is 652. The van der Waals surface area contributed by atoms with Crippen LogP contribution in [0.25, 0.3) is 0 Å². The molecule has 104 valence electrons. The molecule has 2 N–H and O–H groups in total. The monoisotopic (exact) mass is 287 g/mol. The van der Waals surface area contributed by atoms with E-state index in [1.54, 1.807) is 6.07 Å². The van der Waals surface area contributed by atoms with Crippen LogP contribution in [-0.4, -0.2) is 4.57 Å². The topological polar surface area (TPSA) is 54.7 Å². The van der Waals surface area contributed by atoms with Gasteiger partial charge in [0.25, 0.3) is 0 Å². The zero-order valence-corrected chi connectivity index (χ0v) is 12.5. The standard InChI is InChI=1S/C16H18ClN3/c1-3-11(2)20-14(10-18)9-15(19)16(20)8-12-5-4-6-13(17)7-12/h4-7,9,11H,3,8,19H2,1-2H3/t11-/m0/s1. The van der Waals surface area contributed by atoms with Crippen LogP contribution in [0.4, 0.5) is 5.69 Å². The highest BCUT2D eigenvalue weighted by Gasteiger charge is 2.17. The molecule has 4 heteroatoms. The minimum atomic E-state index is 0.246. The van der Waals surface area contributed by atoms with Crippen LogP contribution in [0, 0.1) is 11.3 Å². The highest BCUT2D eigenvalue weighted by molar-refractivity contribution is 6.30. The van der Waals surface area contributed by atoms with Gasteiger partial charge in [0.2, 0.25) is 0 Å². The maximum atomic E-state index is 9.26. The van der Waals surface area contributed by atoms with E-state index in [2.05, 4.69) is 19.9 Å². The number of nitrogens with zero attached hydrogens (tertiary/aromatic N) is 2. The van der Waals surface area contributed by atoms with E-state index >= 15 is 0 Å². The average molecular weight is 288 g/mol. The number of nitrogens with two attached hydrogens (primary N) is 1. The molecule has 0 spiro atoms. The number of hydrogen-bond acceptors (Lipinski definition) is 2. The van der Waals surface area contributed by atoms with Gasteiger partial charge in [-0.2, -0.15) is 5.26 Å². The van der Waals surface area contributed by atoms with Crippen molar-refractivity contribution in [3.8, 4) is 6.07 Å². The summed E-state index contributed by atoms with van der Waals surface area (Å²) in [5, 5.41) is 9.97. The second kappa shape index (κ2) is 6.02. The molecule has 0 unspecified atom stereocenters. The van der Waals surface area contributed by atoms with Crippen molar-refractivity contribution in [2.75, 3.05) is 5.73 Å². The first-order chi connectivity index (χ1) is 9.56. The summed E-state index contributed by atoms with van der Waals surface area (Å²) in [6, 6.07) is 12.0. The van der Waals surface area contributed by atoms with Gasteiger partial charge in [0.1, 0.15) is 11.8 Å². The van der Waals surface area contributed by atoms with E-state index in [9.17, 15) is 5.26 Å². The molecule has 1 aromatic heterocycles. The third-order valence-electron chi connectivity index (χ3n) is 3.58. The molecular weight excluding hydrogens is 270 g/mol. The lowest BCUT2D eigenvalue weighted by molar-refractivity contribution is 0.514. The van der Waals surface area contributed by atoms with Gasteiger partial charge < -0.3 is 10.3 Å². The number of rotatable bonds is 4. The minimum Gasteiger partial charge on any atom is -0.397 e. The van der Waals surface area contributed by atoms with Gasteiger partial charge in [-0.15, -0.1) is 0 Å². The van der Waals surface area contributed by atoms with Crippen LogP contribution >= 0.6 is 11.6 Å². The van der Waals surface area contributed by atoms with Gasteiger partial charge in [0.05, 0.1) is 5.69 Å². The van der Waals surface area contributed by atoms with Gasteiger partial charge in [-0.1, -0.05) is 30.7 Å². The van der Waals surface area contributed by atoms with E-state index in [1.807, 2.05) is 28.8 Å². The molecule has 2 aromatic rings. The van der Waals surface area contributed by atoms with Gasteiger partial charge >= 0.3 is 0 Å². The molecule has 0 aliphatic heterocycles. The maximum Gasteiger partial charge on any atom is 0.122 e. The van der Waals surface area contributed by atoms with E-state index < -0.39 is 0 Å². The predicted molar refractivity (Wildman–Crippen MR) is 82.8 cm³/mol. The molecular formula is C16H18ClN3. The first kappa shape index (κ1) is 14.5. The first-order valence-electron chi connectivity index (χ1n) is 6.71. The molecule has 3 nitrogen and oxygen atoms in total. The molecule has 1 atom stereocenters. The molecule has 0 amide bonds. The molecule has 0 fully saturated rings. The fraction of sp³-hybridized carbons (Fsp3) is 0.312. The van der Waals surface area contributed by atoms with Crippen molar-refractivity contribution in [2.24, 2.45) is 0 Å². The summed E-state index contributed by atoms with van der Waals surface area (Å²) in [6.07, 6.45) is 1.63. The number of benzene rings is 1. The Kier molecular flexibility index (Phi) is 4.36. The van der Waals surface area contributed by atoms with E-state index in [4.69, 9.17) is 17.3 Å². The summed E-state index contributed by atoms with van der Waals surface area (Å²) in [6.45, 7) is 4.20. The van der Waals surface area contributed by atoms with Crippen LogP contribution in [0.3, 0.4) is 0 Å². The average Bonchev–Trinajstić information content (AvgIpc) is 2.74. The van der Waals surface area contributed by atoms with Gasteiger partial charge in [0, 0.05) is 23.2 Å². The Balaban J connectivity index is 2.46. The second-order valence-electron chi connectivity index (χ2n) is 4.98. The molecule has 0 bridgehead atoms. The van der Waals surface area contributed by atoms with Crippen molar-refractivity contribution in [1.82, 2.24) is 4.57 Å². The number of nitriles is 1. The maximum absolute atomic E-state index is 9.26. The SMILES string of the molecule is CC[C@H](C)n1c(C#N)cc(N)c1Cc1cccc(Cl)c1. The lowest BCUT2D eigenvalue weighted by Crippen LogP contribution is -2.11. The van der Waals surface area contributed by atoms with Gasteiger partial charge in [-0.25, -0.2) is 0 Å². The highest BCUT2D eigenvalue weighted by Crippen LogP contribution is 2.27. The number of nitrogen functional groups attached to an aromatic ring is 1. The molecule has 0 saturated carbocycles. The van der Waals surface area contributed by atoms with E-state index in [-0.39, 0.29) is 6.04 Å². The third-order valence-corrected chi connectivity index (χ3v) is 3.82. The van der Waals surface area contributed by atoms with Gasteiger partial charge in [0.15, 0.2) is 0 Å². The van der Waals surface area contributed by atoms with Crippen molar-refractivity contribution >= 4 is 17.3 Å². The van der Waals surface area contributed by atoms with Crippen LogP contribution in [-0.2, 0) is 6.42 Å². The minimum absolute atomic E-state index is 0.246. The molecule has 0 aliphatic rings. The van der Waals surface area contributed by atoms with Gasteiger partial charge in [-0.05, 0) is 37.1 Å². The fourth-order valence-electron chi connectivity index (χ4n) is 2.38.